The summed E-state index contributed by atoms with van der Waals surface area (Å²) in [5.74, 6) is -2.07. The molecule has 0 aliphatic heterocycles. The molecule has 0 saturated heterocycles. The highest BCUT2D eigenvalue weighted by molar-refractivity contribution is 6.12. The highest BCUT2D eigenvalue weighted by Gasteiger charge is 2.37. The van der Waals surface area contributed by atoms with Crippen LogP contribution in [0.15, 0.2) is 18.2 Å². The maximum atomic E-state index is 13.0. The molecule has 2 rings (SSSR count). The molecule has 0 N–H and O–H groups in total. The standard InChI is InChI=1S/C14H15FO3/c1-2-3-6-18-14(17)12-7-9-4-5-10(15)8-11(9)13(12)16/h4-5,8,12H,2-3,6-7H2,1H3. The quantitative estimate of drug-likeness (QED) is 0.468. The molecule has 1 atom stereocenters. The SMILES string of the molecule is CCCCOC(=O)C1Cc2ccc(F)cc2C1=O. The summed E-state index contributed by atoms with van der Waals surface area (Å²) in [5.41, 5.74) is 1.03. The first-order valence-corrected chi connectivity index (χ1v) is 6.12. The molecule has 4 heteroatoms. The second-order valence-corrected chi connectivity index (χ2v) is 4.44. The summed E-state index contributed by atoms with van der Waals surface area (Å²) in [6, 6.07) is 4.05. The summed E-state index contributed by atoms with van der Waals surface area (Å²) in [7, 11) is 0. The summed E-state index contributed by atoms with van der Waals surface area (Å²) in [6.45, 7) is 2.33. The number of ether oxygens (including phenoxy) is 1. The van der Waals surface area contributed by atoms with E-state index in [9.17, 15) is 14.0 Å². The topological polar surface area (TPSA) is 43.4 Å². The normalized spacial score (nSPS) is 17.7. The highest BCUT2D eigenvalue weighted by Crippen LogP contribution is 2.28. The van der Waals surface area contributed by atoms with Crippen molar-refractivity contribution < 1.29 is 18.7 Å². The number of carbonyl (C=O) groups is 2. The van der Waals surface area contributed by atoms with Gasteiger partial charge < -0.3 is 4.74 Å². The third-order valence-electron chi connectivity index (χ3n) is 3.10. The zero-order chi connectivity index (χ0) is 13.1. The predicted molar refractivity (Wildman–Crippen MR) is 63.8 cm³/mol. The Morgan fingerprint density at radius 2 is 2.28 bits per heavy atom. The van der Waals surface area contributed by atoms with Gasteiger partial charge in [0.1, 0.15) is 11.7 Å². The molecule has 0 saturated carbocycles. The number of Topliss-reactive ketones (excluding diaryl/α,β-unsaturated/α-hetero) is 1. The monoisotopic (exact) mass is 250 g/mol. The molecular weight excluding hydrogens is 235 g/mol. The molecule has 18 heavy (non-hydrogen) atoms. The van der Waals surface area contributed by atoms with E-state index in [0.717, 1.165) is 18.4 Å². The average molecular weight is 250 g/mol. The number of rotatable bonds is 4. The molecule has 0 bridgehead atoms. The molecule has 1 aliphatic carbocycles. The van der Waals surface area contributed by atoms with Crippen LogP contribution in [0.4, 0.5) is 4.39 Å². The van der Waals surface area contributed by atoms with Crippen LogP contribution in [0.25, 0.3) is 0 Å². The molecule has 0 heterocycles. The molecule has 3 nitrogen and oxygen atoms in total. The Labute approximate surface area is 105 Å². The minimum Gasteiger partial charge on any atom is -0.465 e. The summed E-state index contributed by atoms with van der Waals surface area (Å²) in [5, 5.41) is 0. The Bertz CT molecular complexity index is 482. The zero-order valence-electron chi connectivity index (χ0n) is 10.2. The Balaban J connectivity index is 2.07. The molecule has 1 unspecified atom stereocenters. The van der Waals surface area contributed by atoms with Gasteiger partial charge in [0.15, 0.2) is 5.78 Å². The minimum absolute atomic E-state index is 0.312. The van der Waals surface area contributed by atoms with Crippen molar-refractivity contribution in [3.8, 4) is 0 Å². The Morgan fingerprint density at radius 1 is 1.50 bits per heavy atom. The average Bonchev–Trinajstić information content (AvgIpc) is 2.67. The molecule has 0 aromatic heterocycles. The van der Waals surface area contributed by atoms with Gasteiger partial charge in [0, 0.05) is 5.56 Å². The number of unbranched alkanes of at least 4 members (excludes halogenated alkanes) is 1. The fourth-order valence-corrected chi connectivity index (χ4v) is 2.06. The van der Waals surface area contributed by atoms with Crippen LogP contribution >= 0.6 is 0 Å². The van der Waals surface area contributed by atoms with Crippen LogP contribution in [-0.2, 0) is 16.0 Å². The van der Waals surface area contributed by atoms with Crippen LogP contribution in [0.1, 0.15) is 35.7 Å². The van der Waals surface area contributed by atoms with Crippen molar-refractivity contribution >= 4 is 11.8 Å². The van der Waals surface area contributed by atoms with Crippen molar-refractivity contribution in [3.05, 3.63) is 35.1 Å². The largest absolute Gasteiger partial charge is 0.465 e. The van der Waals surface area contributed by atoms with E-state index in [1.54, 1.807) is 6.07 Å². The van der Waals surface area contributed by atoms with Crippen LogP contribution in [0.2, 0.25) is 0 Å². The fourth-order valence-electron chi connectivity index (χ4n) is 2.06. The van der Waals surface area contributed by atoms with E-state index in [-0.39, 0.29) is 5.78 Å². The van der Waals surface area contributed by atoms with Crippen LogP contribution in [0.3, 0.4) is 0 Å². The van der Waals surface area contributed by atoms with Crippen molar-refractivity contribution in [3.63, 3.8) is 0 Å². The van der Waals surface area contributed by atoms with E-state index in [1.807, 2.05) is 6.92 Å². The second-order valence-electron chi connectivity index (χ2n) is 4.44. The Morgan fingerprint density at radius 3 is 3.00 bits per heavy atom. The molecule has 0 fully saturated rings. The van der Waals surface area contributed by atoms with Gasteiger partial charge in [0.2, 0.25) is 0 Å². The maximum absolute atomic E-state index is 13.0. The lowest BCUT2D eigenvalue weighted by molar-refractivity contribution is -0.146. The van der Waals surface area contributed by atoms with Gasteiger partial charge >= 0.3 is 5.97 Å². The zero-order valence-corrected chi connectivity index (χ0v) is 10.2. The van der Waals surface area contributed by atoms with Gasteiger partial charge in [-0.25, -0.2) is 4.39 Å². The number of carbonyl (C=O) groups excluding carboxylic acids is 2. The van der Waals surface area contributed by atoms with E-state index < -0.39 is 17.7 Å². The maximum Gasteiger partial charge on any atom is 0.317 e. The van der Waals surface area contributed by atoms with E-state index in [2.05, 4.69) is 0 Å². The van der Waals surface area contributed by atoms with Crippen LogP contribution in [0, 0.1) is 11.7 Å². The first-order chi connectivity index (χ1) is 8.63. The first-order valence-electron chi connectivity index (χ1n) is 6.12. The number of benzene rings is 1. The van der Waals surface area contributed by atoms with Gasteiger partial charge in [-0.1, -0.05) is 19.4 Å². The predicted octanol–water partition coefficient (Wildman–Crippen LogP) is 2.52. The third-order valence-corrected chi connectivity index (χ3v) is 3.10. The van der Waals surface area contributed by atoms with E-state index >= 15 is 0 Å². The number of hydrogen-bond donors (Lipinski definition) is 0. The van der Waals surface area contributed by atoms with Gasteiger partial charge in [-0.3, -0.25) is 9.59 Å². The molecule has 1 aliphatic rings. The Hall–Kier alpha value is -1.71. The molecule has 0 amide bonds. The smallest absolute Gasteiger partial charge is 0.317 e. The fraction of sp³-hybridized carbons (Fsp3) is 0.429. The van der Waals surface area contributed by atoms with Crippen LogP contribution < -0.4 is 0 Å². The van der Waals surface area contributed by atoms with Crippen molar-refractivity contribution in [1.82, 2.24) is 0 Å². The van der Waals surface area contributed by atoms with Gasteiger partial charge in [-0.05, 0) is 30.5 Å². The summed E-state index contributed by atoms with van der Waals surface area (Å²) >= 11 is 0. The lowest BCUT2D eigenvalue weighted by Gasteiger charge is -2.07. The number of fused-ring (bicyclic) bond motifs is 1. The van der Waals surface area contributed by atoms with Gasteiger partial charge in [-0.15, -0.1) is 0 Å². The minimum atomic E-state index is -0.793. The highest BCUT2D eigenvalue weighted by atomic mass is 19.1. The lowest BCUT2D eigenvalue weighted by atomic mass is 10.1. The number of halogens is 1. The third kappa shape index (κ3) is 2.42. The van der Waals surface area contributed by atoms with Gasteiger partial charge in [0.05, 0.1) is 6.61 Å². The van der Waals surface area contributed by atoms with Crippen molar-refractivity contribution in [1.29, 1.82) is 0 Å². The molecule has 96 valence electrons. The molecule has 1 aromatic rings. The van der Waals surface area contributed by atoms with E-state index in [4.69, 9.17) is 4.74 Å². The molecule has 0 spiro atoms. The van der Waals surface area contributed by atoms with E-state index in [1.165, 1.54) is 12.1 Å². The number of esters is 1. The molecule has 1 aromatic carbocycles. The second kappa shape index (κ2) is 5.29. The van der Waals surface area contributed by atoms with Crippen LogP contribution in [-0.4, -0.2) is 18.4 Å². The van der Waals surface area contributed by atoms with Crippen molar-refractivity contribution in [2.75, 3.05) is 6.61 Å². The lowest BCUT2D eigenvalue weighted by Crippen LogP contribution is -2.23. The van der Waals surface area contributed by atoms with Crippen molar-refractivity contribution in [2.45, 2.75) is 26.2 Å². The molecular formula is C14H15FO3. The molecule has 0 radical (unpaired) electrons. The van der Waals surface area contributed by atoms with Gasteiger partial charge in [-0.2, -0.15) is 0 Å². The Kier molecular flexibility index (Phi) is 3.75. The summed E-state index contributed by atoms with van der Waals surface area (Å²) in [4.78, 5) is 23.7. The number of ketones is 1. The van der Waals surface area contributed by atoms with E-state index in [0.29, 0.717) is 18.6 Å². The summed E-state index contributed by atoms with van der Waals surface area (Å²) in [6.07, 6.45) is 2.03. The first kappa shape index (κ1) is 12.7. The van der Waals surface area contributed by atoms with Crippen molar-refractivity contribution in [2.24, 2.45) is 5.92 Å². The summed E-state index contributed by atoms with van der Waals surface area (Å²) < 4.78 is 18.1. The van der Waals surface area contributed by atoms with Crippen LogP contribution in [0.5, 0.6) is 0 Å². The number of hydrogen-bond acceptors (Lipinski definition) is 3. The van der Waals surface area contributed by atoms with Gasteiger partial charge in [0.25, 0.3) is 0 Å².